The molecule has 2 heterocycles. The first kappa shape index (κ1) is 9.92. The number of aliphatic hydroxyl groups is 1. The van der Waals surface area contributed by atoms with E-state index in [9.17, 15) is 0 Å². The molecule has 0 unspecified atom stereocenters. The average Bonchev–Trinajstić information content (AvgIpc) is 2.48. The molecule has 74 valence electrons. The van der Waals surface area contributed by atoms with Crippen molar-refractivity contribution in [1.82, 2.24) is 9.38 Å². The lowest BCUT2D eigenvalue weighted by atomic mass is 10.3. The zero-order valence-corrected chi connectivity index (χ0v) is 10.0. The van der Waals surface area contributed by atoms with Gasteiger partial charge in [-0.1, -0.05) is 0 Å². The highest BCUT2D eigenvalue weighted by atomic mass is 127. The number of fused-ring (bicyclic) bond motifs is 1. The molecule has 0 amide bonds. The first-order valence-corrected chi connectivity index (χ1v) is 5.53. The van der Waals surface area contributed by atoms with Crippen molar-refractivity contribution >= 4 is 28.2 Å². The Morgan fingerprint density at radius 3 is 3.00 bits per heavy atom. The molecule has 0 bridgehead atoms. The number of hydrogen-bond donors (Lipinski definition) is 1. The Bertz CT molecular complexity index is 464. The maximum Gasteiger partial charge on any atom is 0.138 e. The number of rotatable bonds is 2. The van der Waals surface area contributed by atoms with Gasteiger partial charge in [-0.15, -0.1) is 0 Å². The van der Waals surface area contributed by atoms with Crippen LogP contribution in [0.4, 0.5) is 0 Å². The van der Waals surface area contributed by atoms with Crippen molar-refractivity contribution in [2.24, 2.45) is 0 Å². The molecule has 1 N–H and O–H groups in total. The molecule has 0 atom stereocenters. The number of nitrogens with zero attached hydrogens (tertiary/aromatic N) is 2. The lowest BCUT2D eigenvalue weighted by Crippen LogP contribution is -1.90. The first-order chi connectivity index (χ1) is 6.70. The lowest BCUT2D eigenvalue weighted by Gasteiger charge is -1.99. The van der Waals surface area contributed by atoms with Crippen LogP contribution in [0.15, 0.2) is 18.3 Å². The van der Waals surface area contributed by atoms with E-state index in [1.807, 2.05) is 16.7 Å². The van der Waals surface area contributed by atoms with E-state index in [4.69, 9.17) is 5.11 Å². The molecule has 2 aromatic rings. The van der Waals surface area contributed by atoms with Crippen LogP contribution in [0.25, 0.3) is 5.65 Å². The van der Waals surface area contributed by atoms with Crippen LogP contribution in [0.1, 0.15) is 11.4 Å². The monoisotopic (exact) mass is 302 g/mol. The Balaban J connectivity index is 2.58. The summed E-state index contributed by atoms with van der Waals surface area (Å²) < 4.78 is 3.24. The molecule has 0 aliphatic carbocycles. The van der Waals surface area contributed by atoms with Crippen molar-refractivity contribution in [3.8, 4) is 0 Å². The molecule has 0 spiro atoms. The highest BCUT2D eigenvalue weighted by Gasteiger charge is 2.03. The summed E-state index contributed by atoms with van der Waals surface area (Å²) in [6, 6.07) is 4.15. The van der Waals surface area contributed by atoms with Crippen LogP contribution in [0, 0.1) is 10.5 Å². The van der Waals surface area contributed by atoms with Crippen molar-refractivity contribution in [3.05, 3.63) is 33.3 Å². The largest absolute Gasteiger partial charge is 0.396 e. The third kappa shape index (κ3) is 1.76. The molecule has 14 heavy (non-hydrogen) atoms. The summed E-state index contributed by atoms with van der Waals surface area (Å²) in [5.41, 5.74) is 3.07. The molecule has 0 fully saturated rings. The predicted molar refractivity (Wildman–Crippen MR) is 63.4 cm³/mol. The van der Waals surface area contributed by atoms with E-state index in [-0.39, 0.29) is 6.61 Å². The summed E-state index contributed by atoms with van der Waals surface area (Å²) >= 11 is 2.28. The molecular weight excluding hydrogens is 291 g/mol. The Hall–Kier alpha value is -0.620. The number of hydrogen-bond acceptors (Lipinski definition) is 2. The Labute approximate surface area is 95.9 Å². The predicted octanol–water partition coefficient (Wildman–Crippen LogP) is 1.78. The van der Waals surface area contributed by atoms with E-state index >= 15 is 0 Å². The van der Waals surface area contributed by atoms with Crippen LogP contribution < -0.4 is 0 Å². The van der Waals surface area contributed by atoms with Crippen LogP contribution in [0.3, 0.4) is 0 Å². The minimum Gasteiger partial charge on any atom is -0.396 e. The maximum atomic E-state index is 8.82. The fraction of sp³-hybridized carbons (Fsp3) is 0.300. The van der Waals surface area contributed by atoms with Gasteiger partial charge >= 0.3 is 0 Å². The molecule has 0 saturated heterocycles. The molecule has 2 aromatic heterocycles. The second-order valence-corrected chi connectivity index (χ2v) is 4.49. The Morgan fingerprint density at radius 1 is 1.50 bits per heavy atom. The van der Waals surface area contributed by atoms with Gasteiger partial charge in [0, 0.05) is 28.5 Å². The molecule has 0 saturated carbocycles. The SMILES string of the molecule is Cc1cc(I)cc2nc(CCO)cn12. The van der Waals surface area contributed by atoms with Gasteiger partial charge in [-0.2, -0.15) is 0 Å². The van der Waals surface area contributed by atoms with E-state index in [1.165, 1.54) is 9.26 Å². The van der Waals surface area contributed by atoms with Gasteiger partial charge in [-0.05, 0) is 41.6 Å². The summed E-state index contributed by atoms with van der Waals surface area (Å²) in [5.74, 6) is 0. The van der Waals surface area contributed by atoms with E-state index in [0.717, 1.165) is 11.3 Å². The number of halogens is 1. The van der Waals surface area contributed by atoms with Gasteiger partial charge in [-0.3, -0.25) is 0 Å². The third-order valence-corrected chi connectivity index (χ3v) is 2.77. The third-order valence-electron chi connectivity index (χ3n) is 2.14. The van der Waals surface area contributed by atoms with Crippen molar-refractivity contribution in [3.63, 3.8) is 0 Å². The van der Waals surface area contributed by atoms with E-state index in [1.54, 1.807) is 0 Å². The number of aliphatic hydroxyl groups excluding tert-OH is 1. The highest BCUT2D eigenvalue weighted by Crippen LogP contribution is 2.13. The quantitative estimate of drug-likeness (QED) is 0.859. The van der Waals surface area contributed by atoms with Gasteiger partial charge in [0.1, 0.15) is 5.65 Å². The summed E-state index contributed by atoms with van der Waals surface area (Å²) in [4.78, 5) is 4.42. The second-order valence-electron chi connectivity index (χ2n) is 3.25. The topological polar surface area (TPSA) is 37.5 Å². The summed E-state index contributed by atoms with van der Waals surface area (Å²) in [5, 5.41) is 8.82. The van der Waals surface area contributed by atoms with Crippen LogP contribution in [-0.4, -0.2) is 21.1 Å². The molecule has 3 nitrogen and oxygen atoms in total. The van der Waals surface area contributed by atoms with Gasteiger partial charge in [0.25, 0.3) is 0 Å². The van der Waals surface area contributed by atoms with E-state index in [0.29, 0.717) is 6.42 Å². The molecule has 0 aliphatic rings. The maximum absolute atomic E-state index is 8.82. The normalized spacial score (nSPS) is 11.1. The van der Waals surface area contributed by atoms with Crippen molar-refractivity contribution < 1.29 is 5.11 Å². The standard InChI is InChI=1S/C10H11IN2O/c1-7-4-8(11)5-10-12-9(2-3-14)6-13(7)10/h4-6,14H,2-3H2,1H3. The van der Waals surface area contributed by atoms with E-state index < -0.39 is 0 Å². The first-order valence-electron chi connectivity index (χ1n) is 4.45. The van der Waals surface area contributed by atoms with Crippen LogP contribution in [0.2, 0.25) is 0 Å². The number of pyridine rings is 1. The molecule has 4 heteroatoms. The molecule has 0 aliphatic heterocycles. The van der Waals surface area contributed by atoms with Crippen molar-refractivity contribution in [1.29, 1.82) is 0 Å². The Kier molecular flexibility index (Phi) is 2.73. The number of imidazole rings is 1. The summed E-state index contributed by atoms with van der Waals surface area (Å²) in [6.45, 7) is 2.21. The fourth-order valence-corrected chi connectivity index (χ4v) is 2.23. The average molecular weight is 302 g/mol. The van der Waals surface area contributed by atoms with Gasteiger partial charge < -0.3 is 9.51 Å². The molecule has 2 rings (SSSR count). The molecule has 0 aromatic carbocycles. The highest BCUT2D eigenvalue weighted by molar-refractivity contribution is 14.1. The van der Waals surface area contributed by atoms with Gasteiger partial charge in [0.2, 0.25) is 0 Å². The number of aryl methyl sites for hydroxylation is 1. The smallest absolute Gasteiger partial charge is 0.138 e. The number of aromatic nitrogens is 2. The minimum absolute atomic E-state index is 0.153. The van der Waals surface area contributed by atoms with Crippen molar-refractivity contribution in [2.45, 2.75) is 13.3 Å². The molecule has 0 radical (unpaired) electrons. The van der Waals surface area contributed by atoms with Gasteiger partial charge in [0.05, 0.1) is 5.69 Å². The van der Waals surface area contributed by atoms with E-state index in [2.05, 4.69) is 40.6 Å². The lowest BCUT2D eigenvalue weighted by molar-refractivity contribution is 0.298. The summed E-state index contributed by atoms with van der Waals surface area (Å²) in [6.07, 6.45) is 2.61. The second kappa shape index (κ2) is 3.86. The molecular formula is C10H11IN2O. The Morgan fingerprint density at radius 2 is 2.29 bits per heavy atom. The van der Waals surface area contributed by atoms with Crippen LogP contribution >= 0.6 is 22.6 Å². The van der Waals surface area contributed by atoms with Crippen LogP contribution in [0.5, 0.6) is 0 Å². The minimum atomic E-state index is 0.153. The van der Waals surface area contributed by atoms with Crippen LogP contribution in [-0.2, 0) is 6.42 Å². The van der Waals surface area contributed by atoms with Crippen molar-refractivity contribution in [2.75, 3.05) is 6.61 Å². The summed E-state index contributed by atoms with van der Waals surface area (Å²) in [7, 11) is 0. The van der Waals surface area contributed by atoms with Gasteiger partial charge in [-0.25, -0.2) is 4.98 Å². The fourth-order valence-electron chi connectivity index (χ4n) is 1.50. The zero-order valence-electron chi connectivity index (χ0n) is 7.87. The van der Waals surface area contributed by atoms with Gasteiger partial charge in [0.15, 0.2) is 0 Å². The zero-order chi connectivity index (χ0) is 10.1.